The molecule has 0 aromatic heterocycles. The molecule has 130 valence electrons. The van der Waals surface area contributed by atoms with Crippen LogP contribution in [0.15, 0.2) is 5.16 Å². The fourth-order valence-corrected chi connectivity index (χ4v) is 1.57. The molecule has 0 rings (SSSR count). The molecular formula is C18H36N2O2. The van der Waals surface area contributed by atoms with Crippen molar-refractivity contribution in [1.82, 2.24) is 5.32 Å². The highest BCUT2D eigenvalue weighted by Crippen LogP contribution is 2.17. The summed E-state index contributed by atoms with van der Waals surface area (Å²) in [4.78, 5) is 17.0. The molecule has 0 aliphatic carbocycles. The highest BCUT2D eigenvalue weighted by Gasteiger charge is 2.14. The molecular weight excluding hydrogens is 276 g/mol. The molecule has 0 saturated carbocycles. The standard InChI is InChI=1S/C18H36N2O2/c1-15(18(5,6)7)20-22-14-10-8-9-11-16(21)19-13-12-17(2,3)4/h8-14H2,1-7H3,(H,19,21)/b20-15-. The molecule has 1 amide bonds. The third-order valence-electron chi connectivity index (χ3n) is 3.62. The Balaban J connectivity index is 3.56. The van der Waals surface area contributed by atoms with Gasteiger partial charge in [0.25, 0.3) is 0 Å². The zero-order valence-corrected chi connectivity index (χ0v) is 15.7. The van der Waals surface area contributed by atoms with Crippen molar-refractivity contribution in [3.63, 3.8) is 0 Å². The lowest BCUT2D eigenvalue weighted by atomic mass is 9.91. The van der Waals surface area contributed by atoms with Gasteiger partial charge in [0.15, 0.2) is 0 Å². The second-order valence-corrected chi connectivity index (χ2v) is 8.23. The SMILES string of the molecule is C/C(=N/OCCCCCC(=O)NCCC(C)(C)C)C(C)(C)C. The van der Waals surface area contributed by atoms with Crippen LogP contribution in [0.4, 0.5) is 0 Å². The molecule has 0 fully saturated rings. The molecule has 22 heavy (non-hydrogen) atoms. The van der Waals surface area contributed by atoms with Gasteiger partial charge in [-0.2, -0.15) is 0 Å². The molecule has 0 bridgehead atoms. The number of hydrogen-bond donors (Lipinski definition) is 1. The number of unbranched alkanes of at least 4 members (excludes halogenated alkanes) is 2. The fourth-order valence-electron chi connectivity index (χ4n) is 1.57. The van der Waals surface area contributed by atoms with E-state index >= 15 is 0 Å². The number of carbonyl (C=O) groups is 1. The average molecular weight is 312 g/mol. The van der Waals surface area contributed by atoms with E-state index in [-0.39, 0.29) is 16.7 Å². The molecule has 0 unspecified atom stereocenters. The molecule has 0 saturated heterocycles. The monoisotopic (exact) mass is 312 g/mol. The normalized spacial score (nSPS) is 13.1. The van der Waals surface area contributed by atoms with Gasteiger partial charge in [0.2, 0.25) is 5.91 Å². The molecule has 4 nitrogen and oxygen atoms in total. The molecule has 0 atom stereocenters. The topological polar surface area (TPSA) is 50.7 Å². The van der Waals surface area contributed by atoms with E-state index in [4.69, 9.17) is 4.84 Å². The van der Waals surface area contributed by atoms with Crippen LogP contribution >= 0.6 is 0 Å². The number of nitrogens with one attached hydrogen (secondary N) is 1. The van der Waals surface area contributed by atoms with Crippen molar-refractivity contribution >= 4 is 11.6 Å². The maximum Gasteiger partial charge on any atom is 0.219 e. The van der Waals surface area contributed by atoms with Crippen molar-refractivity contribution in [2.75, 3.05) is 13.2 Å². The van der Waals surface area contributed by atoms with Crippen LogP contribution in [-0.4, -0.2) is 24.8 Å². The van der Waals surface area contributed by atoms with Gasteiger partial charge in [-0.1, -0.05) is 46.7 Å². The van der Waals surface area contributed by atoms with Crippen LogP contribution in [0.1, 0.15) is 80.6 Å². The summed E-state index contributed by atoms with van der Waals surface area (Å²) in [6.07, 6.45) is 4.46. The predicted octanol–water partition coefficient (Wildman–Crippen LogP) is 4.54. The van der Waals surface area contributed by atoms with Crippen molar-refractivity contribution in [3.05, 3.63) is 0 Å². The Morgan fingerprint density at radius 2 is 1.68 bits per heavy atom. The van der Waals surface area contributed by atoms with Gasteiger partial charge in [-0.05, 0) is 38.0 Å². The third-order valence-corrected chi connectivity index (χ3v) is 3.62. The summed E-state index contributed by atoms with van der Waals surface area (Å²) in [7, 11) is 0. The second-order valence-electron chi connectivity index (χ2n) is 8.23. The largest absolute Gasteiger partial charge is 0.396 e. The number of rotatable bonds is 9. The fraction of sp³-hybridized carbons (Fsp3) is 0.889. The summed E-state index contributed by atoms with van der Waals surface area (Å²) in [6, 6.07) is 0. The molecule has 0 heterocycles. The first kappa shape index (κ1) is 20.9. The van der Waals surface area contributed by atoms with Crippen LogP contribution in [0.5, 0.6) is 0 Å². The first-order valence-electron chi connectivity index (χ1n) is 8.46. The Kier molecular flexibility index (Phi) is 9.38. The first-order valence-corrected chi connectivity index (χ1v) is 8.46. The van der Waals surface area contributed by atoms with E-state index in [1.54, 1.807) is 0 Å². The van der Waals surface area contributed by atoms with E-state index in [2.05, 4.69) is 52.0 Å². The summed E-state index contributed by atoms with van der Waals surface area (Å²) < 4.78 is 0. The first-order chi connectivity index (χ1) is 10.0. The third kappa shape index (κ3) is 12.7. The molecule has 0 aromatic rings. The van der Waals surface area contributed by atoms with Crippen LogP contribution in [-0.2, 0) is 9.63 Å². The maximum atomic E-state index is 11.7. The molecule has 0 aliphatic heterocycles. The van der Waals surface area contributed by atoms with Crippen LogP contribution < -0.4 is 5.32 Å². The molecule has 0 radical (unpaired) electrons. The highest BCUT2D eigenvalue weighted by atomic mass is 16.6. The lowest BCUT2D eigenvalue weighted by Crippen LogP contribution is -2.26. The Bertz CT molecular complexity index is 349. The van der Waals surface area contributed by atoms with E-state index in [1.165, 1.54) is 0 Å². The minimum absolute atomic E-state index is 0.0607. The minimum atomic E-state index is 0.0607. The molecule has 1 N–H and O–H groups in total. The second kappa shape index (κ2) is 9.86. The van der Waals surface area contributed by atoms with Crippen LogP contribution in [0.3, 0.4) is 0 Å². The van der Waals surface area contributed by atoms with E-state index < -0.39 is 0 Å². The van der Waals surface area contributed by atoms with Gasteiger partial charge in [-0.15, -0.1) is 0 Å². The summed E-state index contributed by atoms with van der Waals surface area (Å²) in [5.74, 6) is 0.159. The van der Waals surface area contributed by atoms with Gasteiger partial charge in [0.05, 0.1) is 5.71 Å². The van der Waals surface area contributed by atoms with E-state index in [0.717, 1.165) is 37.9 Å². The number of amides is 1. The molecule has 0 spiro atoms. The van der Waals surface area contributed by atoms with Gasteiger partial charge in [-0.3, -0.25) is 4.79 Å². The molecule has 0 aliphatic rings. The number of oxime groups is 1. The smallest absolute Gasteiger partial charge is 0.219 e. The van der Waals surface area contributed by atoms with E-state index in [9.17, 15) is 4.79 Å². The predicted molar refractivity (Wildman–Crippen MR) is 94.1 cm³/mol. The van der Waals surface area contributed by atoms with Crippen molar-refractivity contribution in [3.8, 4) is 0 Å². The van der Waals surface area contributed by atoms with Crippen molar-refractivity contribution in [2.24, 2.45) is 16.0 Å². The Hall–Kier alpha value is -1.06. The quantitative estimate of drug-likeness (QED) is 0.386. The number of nitrogens with zero attached hydrogens (tertiary/aromatic N) is 1. The zero-order chi connectivity index (χ0) is 17.2. The lowest BCUT2D eigenvalue weighted by molar-refractivity contribution is -0.121. The Morgan fingerprint density at radius 3 is 2.23 bits per heavy atom. The van der Waals surface area contributed by atoms with Gasteiger partial charge >= 0.3 is 0 Å². The highest BCUT2D eigenvalue weighted by molar-refractivity contribution is 5.86. The summed E-state index contributed by atoms with van der Waals surface area (Å²) in [6.45, 7) is 16.3. The van der Waals surface area contributed by atoms with Crippen molar-refractivity contribution < 1.29 is 9.63 Å². The van der Waals surface area contributed by atoms with Crippen molar-refractivity contribution in [2.45, 2.75) is 80.6 Å². The van der Waals surface area contributed by atoms with Gasteiger partial charge in [-0.25, -0.2) is 0 Å². The van der Waals surface area contributed by atoms with Gasteiger partial charge in [0, 0.05) is 18.4 Å². The van der Waals surface area contributed by atoms with Crippen LogP contribution in [0.2, 0.25) is 0 Å². The van der Waals surface area contributed by atoms with Gasteiger partial charge < -0.3 is 10.2 Å². The maximum absolute atomic E-state index is 11.7. The average Bonchev–Trinajstić information content (AvgIpc) is 2.34. The Morgan fingerprint density at radius 1 is 1.05 bits per heavy atom. The number of carbonyl (C=O) groups excluding carboxylic acids is 1. The van der Waals surface area contributed by atoms with E-state index in [0.29, 0.717) is 13.0 Å². The number of hydrogen-bond acceptors (Lipinski definition) is 3. The Labute approximate surface area is 137 Å². The summed E-state index contributed by atoms with van der Waals surface area (Å²) >= 11 is 0. The van der Waals surface area contributed by atoms with Crippen LogP contribution in [0.25, 0.3) is 0 Å². The van der Waals surface area contributed by atoms with E-state index in [1.807, 2.05) is 6.92 Å². The van der Waals surface area contributed by atoms with Crippen LogP contribution in [0, 0.1) is 10.8 Å². The zero-order valence-electron chi connectivity index (χ0n) is 15.7. The summed E-state index contributed by atoms with van der Waals surface area (Å²) in [5.41, 5.74) is 1.34. The molecule has 0 aromatic carbocycles. The molecule has 4 heteroatoms. The lowest BCUT2D eigenvalue weighted by Gasteiger charge is -2.18. The van der Waals surface area contributed by atoms with Gasteiger partial charge in [0.1, 0.15) is 6.61 Å². The van der Waals surface area contributed by atoms with Crippen molar-refractivity contribution in [1.29, 1.82) is 0 Å². The minimum Gasteiger partial charge on any atom is -0.396 e. The summed E-state index contributed by atoms with van der Waals surface area (Å²) in [5, 5.41) is 7.11.